The number of halogens is 2. The molecule has 8 nitrogen and oxygen atoms in total. The van der Waals surface area contributed by atoms with Crippen molar-refractivity contribution in [3.8, 4) is 11.5 Å². The second-order valence-electron chi connectivity index (χ2n) is 11.4. The lowest BCUT2D eigenvalue weighted by Gasteiger charge is -2.49. The molecule has 42 heavy (non-hydrogen) atoms. The Bertz CT molecular complexity index is 1590. The molecule has 0 unspecified atom stereocenters. The Morgan fingerprint density at radius 2 is 1.74 bits per heavy atom. The van der Waals surface area contributed by atoms with Crippen LogP contribution in [0.4, 0.5) is 5.69 Å². The number of benzene rings is 2. The molecule has 2 aliphatic carbocycles. The Balaban J connectivity index is 1.44. The van der Waals surface area contributed by atoms with E-state index >= 15 is 0 Å². The zero-order chi connectivity index (χ0) is 30.1. The number of ether oxygens (including phenoxy) is 1. The third kappa shape index (κ3) is 3.81. The third-order valence-electron chi connectivity index (χ3n) is 9.36. The zero-order valence-corrected chi connectivity index (χ0v) is 24.9. The number of fused-ring (bicyclic) bond motifs is 4. The highest BCUT2D eigenvalue weighted by Gasteiger charge is 2.75. The van der Waals surface area contributed by atoms with Gasteiger partial charge in [0, 0.05) is 13.0 Å². The minimum Gasteiger partial charge on any atom is -0.504 e. The number of phenols is 1. The first-order chi connectivity index (χ1) is 20.0. The number of imide groups is 2. The van der Waals surface area contributed by atoms with E-state index in [0.29, 0.717) is 23.2 Å². The fraction of sp³-hybridized carbons (Fsp3) is 0.375. The average molecular weight is 610 g/mol. The van der Waals surface area contributed by atoms with E-state index in [4.69, 9.17) is 27.9 Å². The molecule has 0 spiro atoms. The lowest BCUT2D eigenvalue weighted by atomic mass is 9.57. The summed E-state index contributed by atoms with van der Waals surface area (Å²) in [5, 5.41) is 10.0. The van der Waals surface area contributed by atoms with Crippen molar-refractivity contribution in [1.82, 2.24) is 4.90 Å². The number of rotatable bonds is 5. The maximum atomic E-state index is 14.0. The molecule has 4 amide bonds. The van der Waals surface area contributed by atoms with Crippen LogP contribution in [0.2, 0.25) is 0 Å². The number of hydrogen-bond donors (Lipinski definition) is 1. The molecule has 0 radical (unpaired) electrons. The van der Waals surface area contributed by atoms with Gasteiger partial charge in [0.2, 0.25) is 11.8 Å². The molecule has 1 saturated carbocycles. The van der Waals surface area contributed by atoms with Gasteiger partial charge in [-0.15, -0.1) is 23.2 Å². The molecule has 1 N–H and O–H groups in total. The van der Waals surface area contributed by atoms with Crippen molar-refractivity contribution < 1.29 is 29.0 Å². The molecule has 6 rings (SSSR count). The molecular weight excluding hydrogens is 579 g/mol. The van der Waals surface area contributed by atoms with Crippen molar-refractivity contribution in [1.29, 1.82) is 0 Å². The van der Waals surface area contributed by atoms with E-state index in [0.717, 1.165) is 16.9 Å². The van der Waals surface area contributed by atoms with Crippen LogP contribution in [0.25, 0.3) is 6.08 Å². The summed E-state index contributed by atoms with van der Waals surface area (Å²) in [5.74, 6) is -4.44. The molecule has 2 aliphatic heterocycles. The average Bonchev–Trinajstić information content (AvgIpc) is 3.32. The molecule has 3 fully saturated rings. The van der Waals surface area contributed by atoms with Gasteiger partial charge in [-0.05, 0) is 60.6 Å². The number of aryl methyl sites for hydroxylation is 1. The molecule has 0 aromatic heterocycles. The SMILES string of the molecule is CCc1ccc(N2C(=O)[C@H]3[C@H](CC=C4[C@H]3C[C@@]3(Cl)C(=O)N(C)C(=O)[C@@]3(Cl)[C@H]4C=Cc3ccc(O)c(OC)c3)C2=O)cc1. The number of carbonyl (C=O) groups excluding carboxylic acids is 4. The van der Waals surface area contributed by atoms with Gasteiger partial charge in [-0.1, -0.05) is 48.9 Å². The summed E-state index contributed by atoms with van der Waals surface area (Å²) in [6.07, 6.45) is 6.41. The number of allylic oxidation sites excluding steroid dienone is 3. The second-order valence-corrected chi connectivity index (χ2v) is 12.6. The van der Waals surface area contributed by atoms with Gasteiger partial charge in [-0.3, -0.25) is 29.0 Å². The van der Waals surface area contributed by atoms with Gasteiger partial charge < -0.3 is 9.84 Å². The van der Waals surface area contributed by atoms with Crippen LogP contribution >= 0.6 is 23.2 Å². The number of nitrogens with zero attached hydrogens (tertiary/aromatic N) is 2. The Morgan fingerprint density at radius 3 is 2.40 bits per heavy atom. The Hall–Kier alpha value is -3.62. The Kier molecular flexibility index (Phi) is 6.78. The minimum absolute atomic E-state index is 0.0292. The number of carbonyl (C=O) groups is 4. The minimum atomic E-state index is -1.84. The maximum absolute atomic E-state index is 14.0. The fourth-order valence-electron chi connectivity index (χ4n) is 7.13. The highest BCUT2D eigenvalue weighted by molar-refractivity contribution is 6.53. The fourth-order valence-corrected chi connectivity index (χ4v) is 8.11. The lowest BCUT2D eigenvalue weighted by molar-refractivity contribution is -0.138. The van der Waals surface area contributed by atoms with Crippen LogP contribution in [0.5, 0.6) is 11.5 Å². The zero-order valence-electron chi connectivity index (χ0n) is 23.3. The van der Waals surface area contributed by atoms with E-state index in [2.05, 4.69) is 0 Å². The van der Waals surface area contributed by atoms with Gasteiger partial charge in [-0.2, -0.15) is 0 Å². The monoisotopic (exact) mass is 608 g/mol. The van der Waals surface area contributed by atoms with E-state index in [1.165, 1.54) is 25.1 Å². The number of methoxy groups -OCH3 is 1. The molecule has 2 saturated heterocycles. The highest BCUT2D eigenvalue weighted by Crippen LogP contribution is 2.63. The predicted octanol–water partition coefficient (Wildman–Crippen LogP) is 4.70. The summed E-state index contributed by atoms with van der Waals surface area (Å²) < 4.78 is 5.22. The summed E-state index contributed by atoms with van der Waals surface area (Å²) in [5.41, 5.74) is 2.96. The van der Waals surface area contributed by atoms with Crippen molar-refractivity contribution >= 4 is 58.6 Å². The van der Waals surface area contributed by atoms with E-state index < -0.39 is 45.2 Å². The first-order valence-corrected chi connectivity index (χ1v) is 14.7. The van der Waals surface area contributed by atoms with Gasteiger partial charge in [0.15, 0.2) is 21.2 Å². The molecule has 0 bridgehead atoms. The van der Waals surface area contributed by atoms with Gasteiger partial charge in [0.25, 0.3) is 11.8 Å². The van der Waals surface area contributed by atoms with Crippen molar-refractivity contribution in [2.24, 2.45) is 23.7 Å². The second kappa shape index (κ2) is 9.99. The number of likely N-dealkylation sites (tertiary alicyclic amines) is 1. The van der Waals surface area contributed by atoms with E-state index in [9.17, 15) is 24.3 Å². The van der Waals surface area contributed by atoms with Crippen LogP contribution in [-0.2, 0) is 25.6 Å². The standard InChI is InChI=1S/C32H30Cl2N2O6/c1-4-17-5-9-19(10-6-17)36-27(38)21-12-11-20-22(26(21)28(36)39)16-31(33)29(40)35(2)30(41)32(31,34)23(20)13-7-18-8-14-24(37)25(15-18)42-3/h5-11,13-15,21-23,26,37H,4,12,16H2,1-3H3/t21-,22+,23-,26-,31+,32-/m0/s1. The number of aromatic hydroxyl groups is 1. The number of phenolic OH excluding ortho intramolecular Hbond substituents is 1. The Labute approximate surface area is 253 Å². The molecule has 2 aromatic carbocycles. The van der Waals surface area contributed by atoms with Crippen molar-refractivity contribution in [3.05, 3.63) is 71.3 Å². The van der Waals surface area contributed by atoms with Crippen LogP contribution in [0.3, 0.4) is 0 Å². The van der Waals surface area contributed by atoms with Crippen molar-refractivity contribution in [2.45, 2.75) is 35.9 Å². The third-order valence-corrected chi connectivity index (χ3v) is 10.8. The smallest absolute Gasteiger partial charge is 0.253 e. The Morgan fingerprint density at radius 1 is 1.02 bits per heavy atom. The molecule has 2 aromatic rings. The van der Waals surface area contributed by atoms with Crippen LogP contribution in [0.15, 0.2) is 60.2 Å². The molecule has 2 heterocycles. The summed E-state index contributed by atoms with van der Waals surface area (Å²) in [6, 6.07) is 12.1. The lowest BCUT2D eigenvalue weighted by Crippen LogP contribution is -2.60. The maximum Gasteiger partial charge on any atom is 0.253 e. The predicted molar refractivity (Wildman–Crippen MR) is 158 cm³/mol. The van der Waals surface area contributed by atoms with Crippen LogP contribution in [-0.4, -0.2) is 57.5 Å². The number of amides is 4. The number of hydrogen-bond acceptors (Lipinski definition) is 6. The molecular formula is C32H30Cl2N2O6. The van der Waals surface area contributed by atoms with Gasteiger partial charge in [-0.25, -0.2) is 0 Å². The molecule has 4 aliphatic rings. The first kappa shape index (κ1) is 28.5. The summed E-state index contributed by atoms with van der Waals surface area (Å²) >= 11 is 14.3. The van der Waals surface area contributed by atoms with E-state index in [1.807, 2.05) is 25.1 Å². The van der Waals surface area contributed by atoms with Crippen LogP contribution in [0.1, 0.15) is 30.9 Å². The topological polar surface area (TPSA) is 104 Å². The van der Waals surface area contributed by atoms with Gasteiger partial charge >= 0.3 is 0 Å². The van der Waals surface area contributed by atoms with Crippen molar-refractivity contribution in [2.75, 3.05) is 19.1 Å². The number of anilines is 1. The largest absolute Gasteiger partial charge is 0.504 e. The summed E-state index contributed by atoms with van der Waals surface area (Å²) in [6.45, 7) is 2.03. The van der Waals surface area contributed by atoms with E-state index in [1.54, 1.807) is 36.4 Å². The van der Waals surface area contributed by atoms with Crippen molar-refractivity contribution in [3.63, 3.8) is 0 Å². The van der Waals surface area contributed by atoms with Gasteiger partial charge in [0.05, 0.1) is 24.6 Å². The van der Waals surface area contributed by atoms with Crippen LogP contribution < -0.4 is 9.64 Å². The van der Waals surface area contributed by atoms with Crippen LogP contribution in [0, 0.1) is 23.7 Å². The molecule has 218 valence electrons. The highest BCUT2D eigenvalue weighted by atomic mass is 35.5. The molecule has 6 atom stereocenters. The summed E-state index contributed by atoms with van der Waals surface area (Å²) in [4.78, 5) is 53.3. The molecule has 10 heteroatoms. The quantitative estimate of drug-likeness (QED) is 0.300. The number of alkyl halides is 2. The first-order valence-electron chi connectivity index (χ1n) is 13.9. The summed E-state index contributed by atoms with van der Waals surface area (Å²) in [7, 11) is 2.79. The van der Waals surface area contributed by atoms with E-state index in [-0.39, 0.29) is 29.7 Å². The normalized spacial score (nSPS) is 32.3. The van der Waals surface area contributed by atoms with Gasteiger partial charge in [0.1, 0.15) is 0 Å².